The molecule has 0 saturated heterocycles. The fraction of sp³-hybridized carbons (Fsp3) is 0.471. The molecule has 1 N–H and O–H groups in total. The molecule has 1 saturated carbocycles. The zero-order valence-corrected chi connectivity index (χ0v) is 14.6. The van der Waals surface area contributed by atoms with Crippen molar-refractivity contribution in [1.82, 2.24) is 20.1 Å². The molecule has 23 heavy (non-hydrogen) atoms. The molecule has 1 unspecified atom stereocenters. The molecule has 1 aliphatic carbocycles. The number of carbonyl (C=O) groups is 1. The van der Waals surface area contributed by atoms with Gasteiger partial charge in [-0.25, -0.2) is 0 Å². The fourth-order valence-electron chi connectivity index (χ4n) is 2.42. The molecule has 5 nitrogen and oxygen atoms in total. The van der Waals surface area contributed by atoms with Crippen LogP contribution in [0.2, 0.25) is 0 Å². The maximum absolute atomic E-state index is 12.1. The number of hydrogen-bond donors (Lipinski definition) is 1. The Morgan fingerprint density at radius 3 is 2.87 bits per heavy atom. The summed E-state index contributed by atoms with van der Waals surface area (Å²) < 4.78 is 2.07. The Balaban J connectivity index is 1.79. The van der Waals surface area contributed by atoms with Crippen LogP contribution in [0, 0.1) is 6.92 Å². The average Bonchev–Trinajstić information content (AvgIpc) is 3.25. The Morgan fingerprint density at radius 1 is 1.43 bits per heavy atom. The van der Waals surface area contributed by atoms with E-state index in [9.17, 15) is 4.79 Å². The lowest BCUT2D eigenvalue weighted by atomic mass is 10.1. The Bertz CT molecular complexity index is 708. The minimum atomic E-state index is -0.171. The van der Waals surface area contributed by atoms with Crippen molar-refractivity contribution in [2.45, 2.75) is 56.6 Å². The molecule has 1 fully saturated rings. The topological polar surface area (TPSA) is 59.8 Å². The number of nitrogens with one attached hydrogen (secondary N) is 1. The van der Waals surface area contributed by atoms with E-state index in [-0.39, 0.29) is 11.2 Å². The third-order valence-corrected chi connectivity index (χ3v) is 4.96. The van der Waals surface area contributed by atoms with E-state index < -0.39 is 0 Å². The Hall–Kier alpha value is -1.82. The van der Waals surface area contributed by atoms with Crippen molar-refractivity contribution < 1.29 is 4.79 Å². The molecule has 6 heteroatoms. The smallest absolute Gasteiger partial charge is 0.233 e. The van der Waals surface area contributed by atoms with Gasteiger partial charge in [0.25, 0.3) is 0 Å². The zero-order chi connectivity index (χ0) is 16.4. The van der Waals surface area contributed by atoms with Crippen LogP contribution >= 0.6 is 11.8 Å². The van der Waals surface area contributed by atoms with Crippen molar-refractivity contribution >= 4 is 17.7 Å². The van der Waals surface area contributed by atoms with E-state index in [4.69, 9.17) is 0 Å². The molecule has 2 aromatic rings. The second kappa shape index (κ2) is 6.74. The van der Waals surface area contributed by atoms with Crippen molar-refractivity contribution in [1.29, 1.82) is 0 Å². The third-order valence-electron chi connectivity index (χ3n) is 3.88. The van der Waals surface area contributed by atoms with Crippen LogP contribution < -0.4 is 5.32 Å². The Morgan fingerprint density at radius 2 is 2.22 bits per heavy atom. The summed E-state index contributed by atoms with van der Waals surface area (Å²) >= 11 is 1.47. The van der Waals surface area contributed by atoms with Gasteiger partial charge in [0.1, 0.15) is 0 Å². The summed E-state index contributed by atoms with van der Waals surface area (Å²) in [4.78, 5) is 12.1. The fourth-order valence-corrected chi connectivity index (χ4v) is 3.34. The number of thioether (sulfide) groups is 1. The Labute approximate surface area is 140 Å². The van der Waals surface area contributed by atoms with Crippen molar-refractivity contribution in [2.75, 3.05) is 0 Å². The van der Waals surface area contributed by atoms with Crippen molar-refractivity contribution in [3.63, 3.8) is 0 Å². The van der Waals surface area contributed by atoms with Crippen molar-refractivity contribution in [3.05, 3.63) is 29.8 Å². The number of aromatic nitrogens is 3. The first-order chi connectivity index (χ1) is 11.1. The molecule has 1 atom stereocenters. The summed E-state index contributed by atoms with van der Waals surface area (Å²) in [6, 6.07) is 8.63. The van der Waals surface area contributed by atoms with Crippen LogP contribution in [0.4, 0.5) is 0 Å². The normalized spacial score (nSPS) is 15.4. The molecule has 0 bridgehead atoms. The number of rotatable bonds is 6. The van der Waals surface area contributed by atoms with Crippen LogP contribution in [0.25, 0.3) is 11.4 Å². The molecule has 1 amide bonds. The van der Waals surface area contributed by atoms with Crippen LogP contribution in [0.1, 0.15) is 32.3 Å². The lowest BCUT2D eigenvalue weighted by Crippen LogP contribution is -2.32. The van der Waals surface area contributed by atoms with Gasteiger partial charge in [0, 0.05) is 18.2 Å². The molecule has 0 aliphatic heterocycles. The van der Waals surface area contributed by atoms with Crippen molar-refractivity contribution in [3.8, 4) is 11.4 Å². The van der Waals surface area contributed by atoms with Crippen molar-refractivity contribution in [2.24, 2.45) is 0 Å². The SMILES string of the molecule is CCn1c(SC(C)C(=O)NC2CC2)nnc1-c1cccc(C)c1. The molecule has 1 aliphatic rings. The largest absolute Gasteiger partial charge is 0.352 e. The van der Waals surface area contributed by atoms with Gasteiger partial charge >= 0.3 is 0 Å². The van der Waals surface area contributed by atoms with Gasteiger partial charge in [-0.3, -0.25) is 4.79 Å². The third kappa shape index (κ3) is 3.75. The number of hydrogen-bond acceptors (Lipinski definition) is 4. The second-order valence-electron chi connectivity index (χ2n) is 5.96. The van der Waals surface area contributed by atoms with Gasteiger partial charge < -0.3 is 9.88 Å². The van der Waals surface area contributed by atoms with E-state index in [1.165, 1.54) is 17.3 Å². The predicted octanol–water partition coefficient (Wildman–Crippen LogP) is 3.03. The molecule has 1 aromatic carbocycles. The average molecular weight is 330 g/mol. The van der Waals surface area contributed by atoms with Gasteiger partial charge in [0.2, 0.25) is 5.91 Å². The number of aryl methyl sites for hydroxylation is 1. The van der Waals surface area contributed by atoms with Gasteiger partial charge in [-0.2, -0.15) is 0 Å². The van der Waals surface area contributed by atoms with E-state index in [0.717, 1.165) is 35.9 Å². The number of amides is 1. The van der Waals surface area contributed by atoms with Gasteiger partial charge in [-0.05, 0) is 39.7 Å². The zero-order valence-electron chi connectivity index (χ0n) is 13.7. The van der Waals surface area contributed by atoms with Gasteiger partial charge in [-0.15, -0.1) is 10.2 Å². The highest BCUT2D eigenvalue weighted by atomic mass is 32.2. The molecule has 0 radical (unpaired) electrons. The van der Waals surface area contributed by atoms with Crippen LogP contribution in [-0.4, -0.2) is 32.0 Å². The van der Waals surface area contributed by atoms with Gasteiger partial charge in [-0.1, -0.05) is 35.5 Å². The Kier molecular flexibility index (Phi) is 4.71. The molecular weight excluding hydrogens is 308 g/mol. The standard InChI is InChI=1S/C17H22N4OS/c1-4-21-15(13-7-5-6-11(2)10-13)19-20-17(21)23-12(3)16(22)18-14-8-9-14/h5-7,10,12,14H,4,8-9H2,1-3H3,(H,18,22). The molecule has 1 aromatic heterocycles. The molecule has 122 valence electrons. The highest BCUT2D eigenvalue weighted by Crippen LogP contribution is 2.28. The minimum Gasteiger partial charge on any atom is -0.352 e. The predicted molar refractivity (Wildman–Crippen MR) is 92.4 cm³/mol. The highest BCUT2D eigenvalue weighted by molar-refractivity contribution is 8.00. The first kappa shape index (κ1) is 16.1. The first-order valence-corrected chi connectivity index (χ1v) is 8.93. The van der Waals surface area contributed by atoms with E-state index in [1.54, 1.807) is 0 Å². The minimum absolute atomic E-state index is 0.0836. The molecule has 3 rings (SSSR count). The molecule has 1 heterocycles. The highest BCUT2D eigenvalue weighted by Gasteiger charge is 2.27. The lowest BCUT2D eigenvalue weighted by molar-refractivity contribution is -0.120. The summed E-state index contributed by atoms with van der Waals surface area (Å²) in [6.45, 7) is 6.83. The maximum atomic E-state index is 12.1. The van der Waals surface area contributed by atoms with E-state index in [1.807, 2.05) is 19.1 Å². The second-order valence-corrected chi connectivity index (χ2v) is 7.27. The lowest BCUT2D eigenvalue weighted by Gasteiger charge is -2.12. The first-order valence-electron chi connectivity index (χ1n) is 8.05. The monoisotopic (exact) mass is 330 g/mol. The molecule has 0 spiro atoms. The quantitative estimate of drug-likeness (QED) is 0.827. The summed E-state index contributed by atoms with van der Waals surface area (Å²) in [5.74, 6) is 0.939. The summed E-state index contributed by atoms with van der Waals surface area (Å²) in [6.07, 6.45) is 2.21. The van der Waals surface area contributed by atoms with Crippen LogP contribution in [0.5, 0.6) is 0 Å². The van der Waals surface area contributed by atoms with E-state index in [2.05, 4.69) is 46.1 Å². The van der Waals surface area contributed by atoms with Crippen LogP contribution in [-0.2, 0) is 11.3 Å². The summed E-state index contributed by atoms with van der Waals surface area (Å²) in [5, 5.41) is 12.3. The van der Waals surface area contributed by atoms with Crippen LogP contribution in [0.15, 0.2) is 29.4 Å². The van der Waals surface area contributed by atoms with E-state index in [0.29, 0.717) is 6.04 Å². The van der Waals surface area contributed by atoms with Gasteiger partial charge in [0.05, 0.1) is 5.25 Å². The number of nitrogens with zero attached hydrogens (tertiary/aromatic N) is 3. The molecular formula is C17H22N4OS. The number of benzene rings is 1. The van der Waals surface area contributed by atoms with E-state index >= 15 is 0 Å². The summed E-state index contributed by atoms with van der Waals surface area (Å²) in [5.41, 5.74) is 2.25. The number of carbonyl (C=O) groups excluding carboxylic acids is 1. The maximum Gasteiger partial charge on any atom is 0.233 e. The van der Waals surface area contributed by atoms with Crippen LogP contribution in [0.3, 0.4) is 0 Å². The summed E-state index contributed by atoms with van der Waals surface area (Å²) in [7, 11) is 0. The van der Waals surface area contributed by atoms with Gasteiger partial charge in [0.15, 0.2) is 11.0 Å².